The van der Waals surface area contributed by atoms with Gasteiger partial charge >= 0.3 is 0 Å². The van der Waals surface area contributed by atoms with E-state index in [-0.39, 0.29) is 6.04 Å². The predicted octanol–water partition coefficient (Wildman–Crippen LogP) is 3.70. The molecule has 1 N–H and O–H groups in total. The van der Waals surface area contributed by atoms with Gasteiger partial charge in [0.05, 0.1) is 6.04 Å². The zero-order valence-electron chi connectivity index (χ0n) is 12.4. The summed E-state index contributed by atoms with van der Waals surface area (Å²) in [5.41, 5.74) is 2.48. The van der Waals surface area contributed by atoms with Gasteiger partial charge in [-0.25, -0.2) is 0 Å². The van der Waals surface area contributed by atoms with Crippen molar-refractivity contribution in [3.8, 4) is 0 Å². The standard InChI is InChI=1S/C18H20N2S2/c21-18(20-11-13-22-14-12-20)19-17(15-7-3-1-4-8-15)16-9-5-2-6-10-16/h1-10,17H,11-14H2,(H,19,21). The molecule has 2 nitrogen and oxygen atoms in total. The van der Waals surface area contributed by atoms with Gasteiger partial charge in [0.25, 0.3) is 0 Å². The molecule has 0 bridgehead atoms. The van der Waals surface area contributed by atoms with E-state index in [1.165, 1.54) is 11.1 Å². The highest BCUT2D eigenvalue weighted by molar-refractivity contribution is 7.99. The fourth-order valence-corrected chi connectivity index (χ4v) is 3.83. The van der Waals surface area contributed by atoms with Crippen LogP contribution in [-0.4, -0.2) is 34.6 Å². The van der Waals surface area contributed by atoms with E-state index in [9.17, 15) is 0 Å². The van der Waals surface area contributed by atoms with Gasteiger partial charge in [-0.1, -0.05) is 60.7 Å². The summed E-state index contributed by atoms with van der Waals surface area (Å²) in [7, 11) is 0. The zero-order valence-corrected chi connectivity index (χ0v) is 14.1. The maximum Gasteiger partial charge on any atom is 0.169 e. The average molecular weight is 329 g/mol. The molecule has 0 aromatic heterocycles. The molecular weight excluding hydrogens is 308 g/mol. The summed E-state index contributed by atoms with van der Waals surface area (Å²) in [5.74, 6) is 2.31. The second-order valence-electron chi connectivity index (χ2n) is 5.30. The first kappa shape index (κ1) is 15.4. The first-order valence-corrected chi connectivity index (χ1v) is 9.14. The van der Waals surface area contributed by atoms with Gasteiger partial charge in [0, 0.05) is 24.6 Å². The minimum absolute atomic E-state index is 0.101. The molecule has 0 saturated carbocycles. The Morgan fingerprint density at radius 1 is 0.909 bits per heavy atom. The molecule has 114 valence electrons. The van der Waals surface area contributed by atoms with E-state index in [2.05, 4.69) is 58.7 Å². The van der Waals surface area contributed by atoms with Crippen LogP contribution < -0.4 is 5.32 Å². The molecule has 22 heavy (non-hydrogen) atoms. The Kier molecular flexibility index (Phi) is 5.35. The molecule has 2 aromatic rings. The summed E-state index contributed by atoms with van der Waals surface area (Å²) >= 11 is 7.65. The number of rotatable bonds is 3. The molecule has 1 aliphatic heterocycles. The fraction of sp³-hybridized carbons (Fsp3) is 0.278. The molecular formula is C18H20N2S2. The molecule has 1 heterocycles. The molecule has 3 rings (SSSR count). The van der Waals surface area contributed by atoms with Crippen molar-refractivity contribution in [2.75, 3.05) is 24.6 Å². The summed E-state index contributed by atoms with van der Waals surface area (Å²) in [6.45, 7) is 2.07. The van der Waals surface area contributed by atoms with Crippen LogP contribution >= 0.6 is 24.0 Å². The van der Waals surface area contributed by atoms with Gasteiger partial charge in [0.1, 0.15) is 0 Å². The largest absolute Gasteiger partial charge is 0.352 e. The molecule has 0 atom stereocenters. The highest BCUT2D eigenvalue weighted by Gasteiger charge is 2.19. The van der Waals surface area contributed by atoms with Crippen molar-refractivity contribution in [2.45, 2.75) is 6.04 Å². The molecule has 1 fully saturated rings. The van der Waals surface area contributed by atoms with Gasteiger partial charge in [0.15, 0.2) is 5.11 Å². The third-order valence-corrected chi connectivity index (χ3v) is 5.15. The number of nitrogens with zero attached hydrogens (tertiary/aromatic N) is 1. The van der Waals surface area contributed by atoms with Gasteiger partial charge in [0.2, 0.25) is 0 Å². The number of thioether (sulfide) groups is 1. The van der Waals surface area contributed by atoms with Crippen molar-refractivity contribution in [3.05, 3.63) is 71.8 Å². The van der Waals surface area contributed by atoms with Crippen molar-refractivity contribution >= 4 is 29.1 Å². The fourth-order valence-electron chi connectivity index (χ4n) is 2.63. The first-order valence-electron chi connectivity index (χ1n) is 7.57. The van der Waals surface area contributed by atoms with E-state index in [4.69, 9.17) is 12.2 Å². The van der Waals surface area contributed by atoms with Gasteiger partial charge in [-0.05, 0) is 23.3 Å². The van der Waals surface area contributed by atoms with Crippen LogP contribution in [0.5, 0.6) is 0 Å². The van der Waals surface area contributed by atoms with Crippen molar-refractivity contribution in [1.29, 1.82) is 0 Å². The lowest BCUT2D eigenvalue weighted by molar-refractivity contribution is 0.448. The second kappa shape index (κ2) is 7.65. The van der Waals surface area contributed by atoms with E-state index in [0.717, 1.165) is 29.7 Å². The second-order valence-corrected chi connectivity index (χ2v) is 6.91. The molecule has 0 spiro atoms. The summed E-state index contributed by atoms with van der Waals surface area (Å²) < 4.78 is 0. The van der Waals surface area contributed by atoms with Crippen molar-refractivity contribution in [3.63, 3.8) is 0 Å². The SMILES string of the molecule is S=C(NC(c1ccccc1)c1ccccc1)N1CCSCC1. The molecule has 4 heteroatoms. The van der Waals surface area contributed by atoms with Crippen molar-refractivity contribution in [1.82, 2.24) is 10.2 Å². The number of benzene rings is 2. The molecule has 1 saturated heterocycles. The Balaban J connectivity index is 1.81. The summed E-state index contributed by atoms with van der Waals surface area (Å²) in [6.07, 6.45) is 0. The highest BCUT2D eigenvalue weighted by atomic mass is 32.2. The lowest BCUT2D eigenvalue weighted by atomic mass is 9.99. The third-order valence-electron chi connectivity index (χ3n) is 3.83. The third kappa shape index (κ3) is 3.81. The molecule has 2 aromatic carbocycles. The number of hydrogen-bond acceptors (Lipinski definition) is 2. The van der Waals surface area contributed by atoms with Gasteiger partial charge in [-0.2, -0.15) is 11.8 Å². The number of hydrogen-bond donors (Lipinski definition) is 1. The van der Waals surface area contributed by atoms with Crippen LogP contribution in [0.2, 0.25) is 0 Å². The van der Waals surface area contributed by atoms with E-state index >= 15 is 0 Å². The topological polar surface area (TPSA) is 15.3 Å². The van der Waals surface area contributed by atoms with E-state index in [1.807, 2.05) is 23.9 Å². The summed E-state index contributed by atoms with van der Waals surface area (Å²) in [5, 5.41) is 4.43. The van der Waals surface area contributed by atoms with Crippen LogP contribution in [0, 0.1) is 0 Å². The average Bonchev–Trinajstić information content (AvgIpc) is 2.62. The van der Waals surface area contributed by atoms with E-state index in [0.29, 0.717) is 0 Å². The van der Waals surface area contributed by atoms with Crippen LogP contribution in [0.4, 0.5) is 0 Å². The van der Waals surface area contributed by atoms with Crippen LogP contribution in [-0.2, 0) is 0 Å². The normalized spacial score (nSPS) is 14.9. The van der Waals surface area contributed by atoms with Crippen molar-refractivity contribution < 1.29 is 0 Å². The summed E-state index contributed by atoms with van der Waals surface area (Å²) in [4.78, 5) is 2.28. The Labute approximate surface area is 141 Å². The molecule has 0 aliphatic carbocycles. The van der Waals surface area contributed by atoms with E-state index < -0.39 is 0 Å². The van der Waals surface area contributed by atoms with Crippen LogP contribution in [0.25, 0.3) is 0 Å². The predicted molar refractivity (Wildman–Crippen MR) is 99.4 cm³/mol. The van der Waals surface area contributed by atoms with Crippen molar-refractivity contribution in [2.24, 2.45) is 0 Å². The first-order chi connectivity index (χ1) is 10.8. The maximum atomic E-state index is 5.66. The number of thiocarbonyl (C=S) groups is 1. The molecule has 0 radical (unpaired) electrons. The minimum atomic E-state index is 0.101. The van der Waals surface area contributed by atoms with Crippen LogP contribution in [0.3, 0.4) is 0 Å². The Bertz CT molecular complexity index is 555. The molecule has 1 aliphatic rings. The molecule has 0 unspecified atom stereocenters. The Hall–Kier alpha value is -1.52. The lowest BCUT2D eigenvalue weighted by Crippen LogP contribution is -2.45. The number of nitrogens with one attached hydrogen (secondary N) is 1. The summed E-state index contributed by atoms with van der Waals surface area (Å²) in [6, 6.07) is 21.1. The highest BCUT2D eigenvalue weighted by Crippen LogP contribution is 2.22. The Morgan fingerprint density at radius 2 is 1.41 bits per heavy atom. The lowest BCUT2D eigenvalue weighted by Gasteiger charge is -2.32. The smallest absolute Gasteiger partial charge is 0.169 e. The monoisotopic (exact) mass is 328 g/mol. The minimum Gasteiger partial charge on any atom is -0.352 e. The van der Waals surface area contributed by atoms with Gasteiger partial charge in [-0.15, -0.1) is 0 Å². The maximum absolute atomic E-state index is 5.66. The zero-order chi connectivity index (χ0) is 15.2. The van der Waals surface area contributed by atoms with Gasteiger partial charge < -0.3 is 10.2 Å². The quantitative estimate of drug-likeness (QED) is 0.864. The Morgan fingerprint density at radius 3 is 1.91 bits per heavy atom. The van der Waals surface area contributed by atoms with Crippen LogP contribution in [0.15, 0.2) is 60.7 Å². The van der Waals surface area contributed by atoms with Gasteiger partial charge in [-0.3, -0.25) is 0 Å². The molecule has 0 amide bonds. The van der Waals surface area contributed by atoms with E-state index in [1.54, 1.807) is 0 Å². The van der Waals surface area contributed by atoms with Crippen LogP contribution in [0.1, 0.15) is 17.2 Å².